The summed E-state index contributed by atoms with van der Waals surface area (Å²) in [7, 11) is 0. The molecular weight excluding hydrogens is 344 g/mol. The van der Waals surface area contributed by atoms with Crippen molar-refractivity contribution >= 4 is 38.9 Å². The van der Waals surface area contributed by atoms with E-state index in [2.05, 4.69) is 40.1 Å². The van der Waals surface area contributed by atoms with Crippen LogP contribution in [0.25, 0.3) is 0 Å². The van der Waals surface area contributed by atoms with Gasteiger partial charge in [-0.3, -0.25) is 0 Å². The number of aromatic nitrogens is 1. The molecule has 0 amide bonds. The topological polar surface area (TPSA) is 24.9 Å². The maximum absolute atomic E-state index is 6.21. The quantitative estimate of drug-likeness (QED) is 0.828. The average Bonchev–Trinajstić information content (AvgIpc) is 2.67. The Balaban J connectivity index is 2.04. The van der Waals surface area contributed by atoms with Gasteiger partial charge in [-0.05, 0) is 38.5 Å². The van der Waals surface area contributed by atoms with Gasteiger partial charge in [-0.15, -0.1) is 11.3 Å². The van der Waals surface area contributed by atoms with Gasteiger partial charge in [-0.25, -0.2) is 4.98 Å². The molecule has 0 saturated heterocycles. The van der Waals surface area contributed by atoms with E-state index in [1.807, 2.05) is 25.1 Å². The van der Waals surface area contributed by atoms with Gasteiger partial charge < -0.3 is 5.32 Å². The lowest BCUT2D eigenvalue weighted by molar-refractivity contribution is 0.579. The second-order valence-electron chi connectivity index (χ2n) is 4.52. The van der Waals surface area contributed by atoms with Crippen molar-refractivity contribution in [2.45, 2.75) is 33.4 Å². The molecule has 0 aliphatic carbocycles. The van der Waals surface area contributed by atoms with Crippen LogP contribution in [0.1, 0.15) is 34.1 Å². The fraction of sp³-hybridized carbons (Fsp3) is 0.357. The minimum absolute atomic E-state index is 0.283. The van der Waals surface area contributed by atoms with Crippen molar-refractivity contribution in [1.29, 1.82) is 0 Å². The smallest absolute Gasteiger partial charge is 0.0900 e. The number of hydrogen-bond donors (Lipinski definition) is 1. The number of thiazole rings is 1. The van der Waals surface area contributed by atoms with E-state index in [-0.39, 0.29) is 6.04 Å². The van der Waals surface area contributed by atoms with Gasteiger partial charge in [0, 0.05) is 27.0 Å². The van der Waals surface area contributed by atoms with Gasteiger partial charge in [0.1, 0.15) is 0 Å². The number of halogens is 2. The van der Waals surface area contributed by atoms with Crippen molar-refractivity contribution < 1.29 is 0 Å². The van der Waals surface area contributed by atoms with Crippen LogP contribution in [0.15, 0.2) is 22.7 Å². The molecule has 0 spiro atoms. The van der Waals surface area contributed by atoms with Crippen LogP contribution in [0.4, 0.5) is 0 Å². The van der Waals surface area contributed by atoms with Gasteiger partial charge in [-0.2, -0.15) is 0 Å². The summed E-state index contributed by atoms with van der Waals surface area (Å²) in [6.07, 6.45) is 0. The Hall–Kier alpha value is -0.420. The van der Waals surface area contributed by atoms with Crippen molar-refractivity contribution in [3.05, 3.63) is 48.8 Å². The van der Waals surface area contributed by atoms with Crippen LogP contribution >= 0.6 is 38.9 Å². The Bertz CT molecular complexity index is 583. The normalized spacial score (nSPS) is 12.7. The van der Waals surface area contributed by atoms with E-state index in [1.165, 1.54) is 4.88 Å². The van der Waals surface area contributed by atoms with Gasteiger partial charge >= 0.3 is 0 Å². The van der Waals surface area contributed by atoms with Crippen molar-refractivity contribution in [2.24, 2.45) is 0 Å². The number of nitrogens with one attached hydrogen (secondary N) is 1. The Morgan fingerprint density at radius 2 is 2.16 bits per heavy atom. The lowest BCUT2D eigenvalue weighted by Crippen LogP contribution is -2.18. The molecule has 2 rings (SSSR count). The van der Waals surface area contributed by atoms with Crippen LogP contribution in [-0.4, -0.2) is 4.98 Å². The summed E-state index contributed by atoms with van der Waals surface area (Å²) in [5.41, 5.74) is 2.22. The first kappa shape index (κ1) is 15.0. The molecule has 1 N–H and O–H groups in total. The van der Waals surface area contributed by atoms with Gasteiger partial charge in [0.05, 0.1) is 10.7 Å². The summed E-state index contributed by atoms with van der Waals surface area (Å²) in [5, 5.41) is 5.40. The van der Waals surface area contributed by atoms with E-state index in [9.17, 15) is 0 Å². The van der Waals surface area contributed by atoms with E-state index < -0.39 is 0 Å². The van der Waals surface area contributed by atoms with Crippen LogP contribution in [0.2, 0.25) is 5.02 Å². The summed E-state index contributed by atoms with van der Waals surface area (Å²) < 4.78 is 1.00. The molecule has 0 aliphatic heterocycles. The Morgan fingerprint density at radius 1 is 1.42 bits per heavy atom. The summed E-state index contributed by atoms with van der Waals surface area (Å²) in [6, 6.07) is 6.25. The molecule has 2 nitrogen and oxygen atoms in total. The highest BCUT2D eigenvalue weighted by Crippen LogP contribution is 2.26. The van der Waals surface area contributed by atoms with Gasteiger partial charge in [-0.1, -0.05) is 33.6 Å². The predicted molar refractivity (Wildman–Crippen MR) is 86.0 cm³/mol. The molecule has 0 bridgehead atoms. The second-order valence-corrected chi connectivity index (χ2v) is 7.08. The van der Waals surface area contributed by atoms with Crippen molar-refractivity contribution in [2.75, 3.05) is 0 Å². The fourth-order valence-electron chi connectivity index (χ4n) is 1.97. The van der Waals surface area contributed by atoms with E-state index in [1.54, 1.807) is 11.3 Å². The maximum atomic E-state index is 6.21. The van der Waals surface area contributed by atoms with Crippen molar-refractivity contribution in [3.63, 3.8) is 0 Å². The molecule has 1 aromatic carbocycles. The average molecular weight is 360 g/mol. The molecule has 1 unspecified atom stereocenters. The molecular formula is C14H16BrClN2S. The fourth-order valence-corrected chi connectivity index (χ4v) is 3.66. The standard InChI is InChI=1S/C14H16BrClN2S/c1-8(14-9(2)18-10(3)19-14)17-7-11-4-5-12(15)6-13(11)16/h4-6,8,17H,7H2,1-3H3. The SMILES string of the molecule is Cc1nc(C)c(C(C)NCc2ccc(Br)cc2Cl)s1. The molecule has 0 radical (unpaired) electrons. The van der Waals surface area contributed by atoms with Gasteiger partial charge in [0.25, 0.3) is 0 Å². The number of hydrogen-bond acceptors (Lipinski definition) is 3. The molecule has 1 aromatic heterocycles. The maximum Gasteiger partial charge on any atom is 0.0900 e. The van der Waals surface area contributed by atoms with E-state index >= 15 is 0 Å². The monoisotopic (exact) mass is 358 g/mol. The Labute approximate surface area is 131 Å². The zero-order chi connectivity index (χ0) is 14.0. The highest BCUT2D eigenvalue weighted by Gasteiger charge is 2.13. The minimum atomic E-state index is 0.283. The highest BCUT2D eigenvalue weighted by molar-refractivity contribution is 9.10. The summed E-state index contributed by atoms with van der Waals surface area (Å²) in [4.78, 5) is 5.76. The van der Waals surface area contributed by atoms with E-state index in [0.29, 0.717) is 0 Å². The largest absolute Gasteiger partial charge is 0.305 e. The third-order valence-corrected chi connectivity index (χ3v) is 5.05. The zero-order valence-electron chi connectivity index (χ0n) is 11.1. The van der Waals surface area contributed by atoms with E-state index in [0.717, 1.165) is 32.3 Å². The minimum Gasteiger partial charge on any atom is -0.305 e. The van der Waals surface area contributed by atoms with Crippen molar-refractivity contribution in [1.82, 2.24) is 10.3 Å². The highest BCUT2D eigenvalue weighted by atomic mass is 79.9. The third-order valence-electron chi connectivity index (χ3n) is 2.95. The number of aryl methyl sites for hydroxylation is 2. The molecule has 2 aromatic rings. The molecule has 0 fully saturated rings. The lowest BCUT2D eigenvalue weighted by atomic mass is 10.2. The van der Waals surface area contributed by atoms with Gasteiger partial charge in [0.2, 0.25) is 0 Å². The van der Waals surface area contributed by atoms with Crippen LogP contribution in [-0.2, 0) is 6.54 Å². The number of nitrogens with zero attached hydrogens (tertiary/aromatic N) is 1. The molecule has 0 saturated carbocycles. The Kier molecular flexibility index (Phi) is 5.01. The zero-order valence-corrected chi connectivity index (χ0v) is 14.3. The summed E-state index contributed by atoms with van der Waals surface area (Å²) in [5.74, 6) is 0. The summed E-state index contributed by atoms with van der Waals surface area (Å²) in [6.45, 7) is 7.01. The Morgan fingerprint density at radius 3 is 2.74 bits per heavy atom. The first-order chi connectivity index (χ1) is 8.97. The van der Waals surface area contributed by atoms with E-state index in [4.69, 9.17) is 11.6 Å². The molecule has 1 atom stereocenters. The third kappa shape index (κ3) is 3.78. The second kappa shape index (κ2) is 6.35. The van der Waals surface area contributed by atoms with Crippen LogP contribution < -0.4 is 5.32 Å². The molecule has 102 valence electrons. The molecule has 5 heteroatoms. The predicted octanol–water partition coefficient (Wildman–Crippen LogP) is 5.03. The number of benzene rings is 1. The van der Waals surface area contributed by atoms with Crippen molar-refractivity contribution in [3.8, 4) is 0 Å². The first-order valence-electron chi connectivity index (χ1n) is 6.08. The molecule has 1 heterocycles. The molecule has 19 heavy (non-hydrogen) atoms. The lowest BCUT2D eigenvalue weighted by Gasteiger charge is -2.13. The summed E-state index contributed by atoms with van der Waals surface area (Å²) >= 11 is 11.4. The van der Waals surface area contributed by atoms with Crippen LogP contribution in [0.5, 0.6) is 0 Å². The number of rotatable bonds is 4. The van der Waals surface area contributed by atoms with Crippen LogP contribution in [0.3, 0.4) is 0 Å². The van der Waals surface area contributed by atoms with Gasteiger partial charge in [0.15, 0.2) is 0 Å². The van der Waals surface area contributed by atoms with Crippen LogP contribution in [0, 0.1) is 13.8 Å². The first-order valence-corrected chi connectivity index (χ1v) is 8.07. The molecule has 0 aliphatic rings.